The molecule has 2 atom stereocenters. The number of carbonyl (C=O) groups is 1. The topological polar surface area (TPSA) is 87.6 Å². The van der Waals surface area contributed by atoms with E-state index in [2.05, 4.69) is 15.3 Å². The number of anilines is 1. The molecule has 1 saturated heterocycles. The Morgan fingerprint density at radius 2 is 2.08 bits per heavy atom. The second kappa shape index (κ2) is 8.05. The summed E-state index contributed by atoms with van der Waals surface area (Å²) in [6.45, 7) is 2.27. The van der Waals surface area contributed by atoms with Crippen molar-refractivity contribution in [2.75, 3.05) is 18.0 Å². The third kappa shape index (κ3) is 4.19. The van der Waals surface area contributed by atoms with Crippen LogP contribution >= 0.6 is 12.4 Å². The van der Waals surface area contributed by atoms with Crippen LogP contribution < -0.4 is 10.2 Å². The molecule has 0 saturated carbocycles. The van der Waals surface area contributed by atoms with Gasteiger partial charge in [0, 0.05) is 37.6 Å². The SMILES string of the molecule is CC(=O)NC[C@H]1CN(c2ccc(-c3ccncc3)cn2)[C@@H](O)O1.Cl. The highest BCUT2D eigenvalue weighted by molar-refractivity contribution is 5.85. The Morgan fingerprint density at radius 3 is 2.71 bits per heavy atom. The van der Waals surface area contributed by atoms with Crippen LogP contribution in [0.5, 0.6) is 0 Å². The van der Waals surface area contributed by atoms with E-state index in [4.69, 9.17) is 4.74 Å². The Bertz CT molecular complexity index is 669. The summed E-state index contributed by atoms with van der Waals surface area (Å²) >= 11 is 0. The highest BCUT2D eigenvalue weighted by Gasteiger charge is 2.32. The van der Waals surface area contributed by atoms with Crippen molar-refractivity contribution >= 4 is 24.1 Å². The highest BCUT2D eigenvalue weighted by atomic mass is 35.5. The molecule has 0 aromatic carbocycles. The average molecular weight is 351 g/mol. The molecule has 2 aromatic heterocycles. The molecule has 1 amide bonds. The lowest BCUT2D eigenvalue weighted by atomic mass is 10.1. The molecular weight excluding hydrogens is 332 g/mol. The van der Waals surface area contributed by atoms with Gasteiger partial charge in [0.15, 0.2) is 0 Å². The molecular formula is C16H19ClN4O3. The third-order valence-corrected chi connectivity index (χ3v) is 3.62. The van der Waals surface area contributed by atoms with Gasteiger partial charge in [0.25, 0.3) is 0 Å². The van der Waals surface area contributed by atoms with Crippen molar-refractivity contribution in [3.8, 4) is 11.1 Å². The molecule has 2 aromatic rings. The molecule has 1 aliphatic rings. The van der Waals surface area contributed by atoms with E-state index >= 15 is 0 Å². The zero-order valence-electron chi connectivity index (χ0n) is 13.1. The fraction of sp³-hybridized carbons (Fsp3) is 0.312. The lowest BCUT2D eigenvalue weighted by Gasteiger charge is -2.19. The molecule has 8 heteroatoms. The van der Waals surface area contributed by atoms with Gasteiger partial charge in [-0.15, -0.1) is 12.4 Å². The van der Waals surface area contributed by atoms with E-state index in [0.29, 0.717) is 18.9 Å². The Morgan fingerprint density at radius 1 is 1.33 bits per heavy atom. The van der Waals surface area contributed by atoms with Crippen LogP contribution in [0.4, 0.5) is 5.82 Å². The van der Waals surface area contributed by atoms with Gasteiger partial charge in [0.2, 0.25) is 12.3 Å². The second-order valence-corrected chi connectivity index (χ2v) is 5.31. The van der Waals surface area contributed by atoms with Crippen molar-refractivity contribution < 1.29 is 14.6 Å². The lowest BCUT2D eigenvalue weighted by Crippen LogP contribution is -2.33. The summed E-state index contributed by atoms with van der Waals surface area (Å²) < 4.78 is 5.41. The molecule has 3 rings (SSSR count). The molecule has 0 bridgehead atoms. The minimum absolute atomic E-state index is 0. The molecule has 0 unspecified atom stereocenters. The summed E-state index contributed by atoms with van der Waals surface area (Å²) in [7, 11) is 0. The van der Waals surface area contributed by atoms with E-state index in [9.17, 15) is 9.90 Å². The predicted octanol–water partition coefficient (Wildman–Crippen LogP) is 1.18. The minimum atomic E-state index is -1.06. The van der Waals surface area contributed by atoms with Crippen LogP contribution in [0.15, 0.2) is 42.9 Å². The monoisotopic (exact) mass is 350 g/mol. The number of hydrogen-bond donors (Lipinski definition) is 2. The van der Waals surface area contributed by atoms with E-state index in [1.807, 2.05) is 24.3 Å². The maximum atomic E-state index is 10.9. The first-order valence-corrected chi connectivity index (χ1v) is 7.34. The van der Waals surface area contributed by atoms with E-state index in [0.717, 1.165) is 11.1 Å². The summed E-state index contributed by atoms with van der Waals surface area (Å²) in [6.07, 6.45) is 3.88. The smallest absolute Gasteiger partial charge is 0.239 e. The van der Waals surface area contributed by atoms with Crippen LogP contribution in [0.25, 0.3) is 11.1 Å². The first kappa shape index (κ1) is 18.1. The summed E-state index contributed by atoms with van der Waals surface area (Å²) in [5.41, 5.74) is 2.00. The number of ether oxygens (including phenoxy) is 1. The van der Waals surface area contributed by atoms with Gasteiger partial charge in [0.1, 0.15) is 5.82 Å². The Hall–Kier alpha value is -2.22. The number of aliphatic hydroxyl groups is 1. The number of nitrogens with zero attached hydrogens (tertiary/aromatic N) is 3. The largest absolute Gasteiger partial charge is 0.354 e. The number of rotatable bonds is 4. The fourth-order valence-corrected chi connectivity index (χ4v) is 2.45. The van der Waals surface area contributed by atoms with Crippen LogP contribution in [0.2, 0.25) is 0 Å². The average Bonchev–Trinajstić information content (AvgIpc) is 2.95. The standard InChI is InChI=1S/C16H18N4O3.ClH/c1-11(21)18-9-14-10-20(16(22)23-14)15-3-2-13(8-19-15)12-4-6-17-7-5-12;/h2-8,14,16,22H,9-10H2,1H3,(H,18,21);1H/t14-,16-;/m0./s1. The number of aliphatic hydroxyl groups excluding tert-OH is 1. The van der Waals surface area contributed by atoms with Gasteiger partial charge in [-0.25, -0.2) is 4.98 Å². The molecule has 0 radical (unpaired) electrons. The number of halogens is 1. The second-order valence-electron chi connectivity index (χ2n) is 5.31. The molecule has 3 heterocycles. The molecule has 24 heavy (non-hydrogen) atoms. The van der Waals surface area contributed by atoms with Gasteiger partial charge in [-0.05, 0) is 29.8 Å². The number of aromatic nitrogens is 2. The first-order valence-electron chi connectivity index (χ1n) is 7.34. The molecule has 1 aliphatic heterocycles. The van der Waals surface area contributed by atoms with Gasteiger partial charge in [-0.2, -0.15) is 0 Å². The van der Waals surface area contributed by atoms with E-state index in [1.165, 1.54) is 6.92 Å². The van der Waals surface area contributed by atoms with Crippen LogP contribution in [-0.2, 0) is 9.53 Å². The number of nitrogens with one attached hydrogen (secondary N) is 1. The van der Waals surface area contributed by atoms with Gasteiger partial charge in [-0.3, -0.25) is 9.78 Å². The van der Waals surface area contributed by atoms with Crippen molar-refractivity contribution in [3.05, 3.63) is 42.9 Å². The van der Waals surface area contributed by atoms with Crippen LogP contribution in [0.3, 0.4) is 0 Å². The van der Waals surface area contributed by atoms with Crippen molar-refractivity contribution in [3.63, 3.8) is 0 Å². The number of hydrogen-bond acceptors (Lipinski definition) is 6. The minimum Gasteiger partial charge on any atom is -0.354 e. The summed E-state index contributed by atoms with van der Waals surface area (Å²) in [5.74, 6) is 0.502. The summed E-state index contributed by atoms with van der Waals surface area (Å²) in [4.78, 5) is 21.0. The molecule has 1 fully saturated rings. The van der Waals surface area contributed by atoms with E-state index < -0.39 is 6.41 Å². The predicted molar refractivity (Wildman–Crippen MR) is 91.6 cm³/mol. The lowest BCUT2D eigenvalue weighted by molar-refractivity contribution is -0.121. The van der Waals surface area contributed by atoms with E-state index in [1.54, 1.807) is 23.5 Å². The van der Waals surface area contributed by atoms with E-state index in [-0.39, 0.29) is 24.4 Å². The quantitative estimate of drug-likeness (QED) is 0.861. The van der Waals surface area contributed by atoms with Crippen molar-refractivity contribution in [1.29, 1.82) is 0 Å². The number of pyridine rings is 2. The van der Waals surface area contributed by atoms with Gasteiger partial charge in [0.05, 0.1) is 12.6 Å². The zero-order valence-corrected chi connectivity index (χ0v) is 13.9. The molecule has 0 spiro atoms. The van der Waals surface area contributed by atoms with Crippen molar-refractivity contribution in [1.82, 2.24) is 15.3 Å². The zero-order chi connectivity index (χ0) is 16.2. The van der Waals surface area contributed by atoms with Gasteiger partial charge < -0.3 is 20.1 Å². The van der Waals surface area contributed by atoms with Crippen molar-refractivity contribution in [2.24, 2.45) is 0 Å². The van der Waals surface area contributed by atoms with Crippen LogP contribution in [0, 0.1) is 0 Å². The number of amides is 1. The maximum absolute atomic E-state index is 10.9. The van der Waals surface area contributed by atoms with Crippen molar-refractivity contribution in [2.45, 2.75) is 19.4 Å². The Kier molecular flexibility index (Phi) is 6.08. The summed E-state index contributed by atoms with van der Waals surface area (Å²) in [6, 6.07) is 7.59. The molecule has 2 N–H and O–H groups in total. The third-order valence-electron chi connectivity index (χ3n) is 3.62. The normalized spacial score (nSPS) is 19.7. The van der Waals surface area contributed by atoms with Gasteiger partial charge in [-0.1, -0.05) is 0 Å². The summed E-state index contributed by atoms with van der Waals surface area (Å²) in [5, 5.41) is 12.7. The first-order chi connectivity index (χ1) is 11.1. The Balaban J connectivity index is 0.00000208. The maximum Gasteiger partial charge on any atom is 0.239 e. The molecule has 128 valence electrons. The molecule has 7 nitrogen and oxygen atoms in total. The van der Waals surface area contributed by atoms with Crippen LogP contribution in [0.1, 0.15) is 6.92 Å². The number of carbonyl (C=O) groups excluding carboxylic acids is 1. The Labute approximate surface area is 146 Å². The fourth-order valence-electron chi connectivity index (χ4n) is 2.45. The highest BCUT2D eigenvalue weighted by Crippen LogP contribution is 2.24. The van der Waals surface area contributed by atoms with Crippen LogP contribution in [-0.4, -0.2) is 46.6 Å². The molecule has 0 aliphatic carbocycles. The van der Waals surface area contributed by atoms with Gasteiger partial charge >= 0.3 is 0 Å².